The molecule has 1 N–H and O–H groups in total. The zero-order valence-electron chi connectivity index (χ0n) is 8.53. The topological polar surface area (TPSA) is 34.1 Å². The summed E-state index contributed by atoms with van der Waals surface area (Å²) in [6.07, 6.45) is 6.10. The van der Waals surface area contributed by atoms with Gasteiger partial charge < -0.3 is 10.1 Å². The van der Waals surface area contributed by atoms with E-state index >= 15 is 0 Å². The third kappa shape index (κ3) is 2.92. The molecule has 0 saturated carbocycles. The van der Waals surface area contributed by atoms with Crippen LogP contribution < -0.4 is 10.1 Å². The van der Waals surface area contributed by atoms with Crippen molar-refractivity contribution in [2.75, 3.05) is 13.2 Å². The van der Waals surface area contributed by atoms with Crippen molar-refractivity contribution in [1.29, 1.82) is 0 Å². The van der Waals surface area contributed by atoms with Crippen molar-refractivity contribution in [3.63, 3.8) is 0 Å². The van der Waals surface area contributed by atoms with Gasteiger partial charge in [-0.15, -0.1) is 0 Å². The molecule has 15 heavy (non-hydrogen) atoms. The summed E-state index contributed by atoms with van der Waals surface area (Å²) in [5.41, 5.74) is 0.942. The standard InChI is InChI=1S/C11H13IN2O/c1-8-11(5-9(12)6-14-8)15-7-10-3-2-4-13-10/h2-3,5-6,10,13H,4,7H2,1H3. The number of halogens is 1. The molecule has 0 radical (unpaired) electrons. The summed E-state index contributed by atoms with van der Waals surface area (Å²) in [7, 11) is 0. The maximum atomic E-state index is 5.72. The number of hydrogen-bond donors (Lipinski definition) is 1. The van der Waals surface area contributed by atoms with E-state index in [4.69, 9.17) is 4.74 Å². The van der Waals surface area contributed by atoms with Crippen LogP contribution in [0.5, 0.6) is 5.75 Å². The lowest BCUT2D eigenvalue weighted by Gasteiger charge is -2.12. The van der Waals surface area contributed by atoms with Gasteiger partial charge in [-0.2, -0.15) is 0 Å². The fraction of sp³-hybridized carbons (Fsp3) is 0.364. The second-order valence-corrected chi connectivity index (χ2v) is 4.74. The lowest BCUT2D eigenvalue weighted by molar-refractivity contribution is 0.290. The number of pyridine rings is 1. The molecule has 4 heteroatoms. The van der Waals surface area contributed by atoms with Crippen LogP contribution in [0, 0.1) is 10.5 Å². The Bertz CT molecular complexity index is 379. The number of rotatable bonds is 3. The van der Waals surface area contributed by atoms with Gasteiger partial charge in [0.2, 0.25) is 0 Å². The smallest absolute Gasteiger partial charge is 0.141 e. The monoisotopic (exact) mass is 316 g/mol. The van der Waals surface area contributed by atoms with Crippen molar-refractivity contribution >= 4 is 22.6 Å². The minimum atomic E-state index is 0.335. The van der Waals surface area contributed by atoms with Gasteiger partial charge in [0.25, 0.3) is 0 Å². The molecule has 1 aliphatic rings. The first-order valence-corrected chi connectivity index (χ1v) is 5.98. The maximum Gasteiger partial charge on any atom is 0.141 e. The van der Waals surface area contributed by atoms with Gasteiger partial charge in [0.1, 0.15) is 12.4 Å². The summed E-state index contributed by atoms with van der Waals surface area (Å²) >= 11 is 2.24. The maximum absolute atomic E-state index is 5.72. The van der Waals surface area contributed by atoms with Crippen LogP contribution in [0.15, 0.2) is 24.4 Å². The minimum Gasteiger partial charge on any atom is -0.490 e. The van der Waals surface area contributed by atoms with Gasteiger partial charge in [0, 0.05) is 16.3 Å². The molecular formula is C11H13IN2O. The summed E-state index contributed by atoms with van der Waals surface area (Å²) < 4.78 is 6.82. The molecule has 0 aliphatic carbocycles. The molecule has 0 saturated heterocycles. The number of nitrogens with one attached hydrogen (secondary N) is 1. The Morgan fingerprint density at radius 3 is 3.27 bits per heavy atom. The van der Waals surface area contributed by atoms with Gasteiger partial charge in [0.05, 0.1) is 11.7 Å². The van der Waals surface area contributed by atoms with E-state index in [9.17, 15) is 0 Å². The van der Waals surface area contributed by atoms with E-state index in [-0.39, 0.29) is 0 Å². The van der Waals surface area contributed by atoms with E-state index in [1.54, 1.807) is 0 Å². The van der Waals surface area contributed by atoms with Crippen LogP contribution in [0.4, 0.5) is 0 Å². The van der Waals surface area contributed by atoms with Crippen LogP contribution in [-0.4, -0.2) is 24.2 Å². The highest BCUT2D eigenvalue weighted by molar-refractivity contribution is 14.1. The SMILES string of the molecule is Cc1ncc(I)cc1OCC1C=CCN1. The van der Waals surface area contributed by atoms with Gasteiger partial charge in [0.15, 0.2) is 0 Å². The largest absolute Gasteiger partial charge is 0.490 e. The highest BCUT2D eigenvalue weighted by Crippen LogP contribution is 2.18. The number of aromatic nitrogens is 1. The van der Waals surface area contributed by atoms with E-state index in [1.807, 2.05) is 19.2 Å². The molecule has 0 amide bonds. The van der Waals surface area contributed by atoms with Gasteiger partial charge in [-0.3, -0.25) is 4.98 Å². The lowest BCUT2D eigenvalue weighted by Crippen LogP contribution is -2.28. The molecule has 3 nitrogen and oxygen atoms in total. The molecule has 1 aliphatic heterocycles. The van der Waals surface area contributed by atoms with Crippen molar-refractivity contribution in [3.05, 3.63) is 33.7 Å². The summed E-state index contributed by atoms with van der Waals surface area (Å²) in [6, 6.07) is 2.35. The first kappa shape index (κ1) is 10.9. The Kier molecular flexibility index (Phi) is 3.58. The normalized spacial score (nSPS) is 19.5. The van der Waals surface area contributed by atoms with E-state index in [1.165, 1.54) is 0 Å². The molecule has 0 spiro atoms. The lowest BCUT2D eigenvalue weighted by atomic mass is 10.3. The van der Waals surface area contributed by atoms with Crippen LogP contribution in [0.1, 0.15) is 5.69 Å². The highest BCUT2D eigenvalue weighted by atomic mass is 127. The Balaban J connectivity index is 1.97. The van der Waals surface area contributed by atoms with Gasteiger partial charge >= 0.3 is 0 Å². The minimum absolute atomic E-state index is 0.335. The summed E-state index contributed by atoms with van der Waals surface area (Å²) in [4.78, 5) is 4.25. The van der Waals surface area contributed by atoms with Gasteiger partial charge in [-0.25, -0.2) is 0 Å². The molecule has 0 bridgehead atoms. The quantitative estimate of drug-likeness (QED) is 0.683. The molecular weight excluding hydrogens is 303 g/mol. The Morgan fingerprint density at radius 2 is 2.53 bits per heavy atom. The zero-order chi connectivity index (χ0) is 10.7. The molecule has 2 heterocycles. The Labute approximate surface area is 103 Å². The summed E-state index contributed by atoms with van der Waals surface area (Å²) in [6.45, 7) is 3.57. The highest BCUT2D eigenvalue weighted by Gasteiger charge is 2.09. The Morgan fingerprint density at radius 1 is 1.67 bits per heavy atom. The first-order valence-electron chi connectivity index (χ1n) is 4.91. The van der Waals surface area contributed by atoms with E-state index in [0.717, 1.165) is 21.6 Å². The molecule has 1 aromatic rings. The van der Waals surface area contributed by atoms with Crippen molar-refractivity contribution in [3.8, 4) is 5.75 Å². The number of ether oxygens (including phenoxy) is 1. The van der Waals surface area contributed by atoms with Crippen LogP contribution >= 0.6 is 22.6 Å². The molecule has 1 unspecified atom stereocenters. The summed E-state index contributed by atoms with van der Waals surface area (Å²) in [5, 5.41) is 3.30. The predicted octanol–water partition coefficient (Wildman–Crippen LogP) is 1.90. The molecule has 2 rings (SSSR count). The predicted molar refractivity (Wildman–Crippen MR) is 68.1 cm³/mol. The molecule has 1 atom stereocenters. The van der Waals surface area contributed by atoms with Gasteiger partial charge in [-0.1, -0.05) is 12.2 Å². The third-order valence-electron chi connectivity index (χ3n) is 2.29. The first-order chi connectivity index (χ1) is 7.25. The second kappa shape index (κ2) is 4.94. The fourth-order valence-electron chi connectivity index (χ4n) is 1.45. The van der Waals surface area contributed by atoms with Crippen molar-refractivity contribution in [2.45, 2.75) is 13.0 Å². The van der Waals surface area contributed by atoms with E-state index in [0.29, 0.717) is 12.6 Å². The van der Waals surface area contributed by atoms with Crippen molar-refractivity contribution in [1.82, 2.24) is 10.3 Å². The van der Waals surface area contributed by atoms with E-state index in [2.05, 4.69) is 45.0 Å². The third-order valence-corrected chi connectivity index (χ3v) is 2.88. The van der Waals surface area contributed by atoms with Gasteiger partial charge in [-0.05, 0) is 35.6 Å². The molecule has 1 aromatic heterocycles. The summed E-state index contributed by atoms with van der Waals surface area (Å²) in [5.74, 6) is 0.879. The van der Waals surface area contributed by atoms with Crippen LogP contribution in [-0.2, 0) is 0 Å². The van der Waals surface area contributed by atoms with E-state index < -0.39 is 0 Å². The molecule has 0 aromatic carbocycles. The number of nitrogens with zero attached hydrogens (tertiary/aromatic N) is 1. The zero-order valence-corrected chi connectivity index (χ0v) is 10.7. The second-order valence-electron chi connectivity index (χ2n) is 3.49. The average molecular weight is 316 g/mol. The van der Waals surface area contributed by atoms with Crippen LogP contribution in [0.3, 0.4) is 0 Å². The number of aryl methyl sites for hydroxylation is 1. The average Bonchev–Trinajstić information content (AvgIpc) is 2.72. The van der Waals surface area contributed by atoms with Crippen LogP contribution in [0.25, 0.3) is 0 Å². The molecule has 80 valence electrons. The van der Waals surface area contributed by atoms with Crippen LogP contribution in [0.2, 0.25) is 0 Å². The number of hydrogen-bond acceptors (Lipinski definition) is 3. The van der Waals surface area contributed by atoms with Crippen molar-refractivity contribution < 1.29 is 4.74 Å². The fourth-order valence-corrected chi connectivity index (χ4v) is 1.87. The molecule has 0 fully saturated rings. The Hall–Kier alpha value is -0.620. The van der Waals surface area contributed by atoms with Crippen molar-refractivity contribution in [2.24, 2.45) is 0 Å².